The minimum absolute atomic E-state index is 0.159. The first-order chi connectivity index (χ1) is 16.1. The zero-order valence-electron chi connectivity index (χ0n) is 19.0. The van der Waals surface area contributed by atoms with Crippen molar-refractivity contribution >= 4 is 44.9 Å². The number of aryl methyl sites for hydroxylation is 1. The Morgan fingerprint density at radius 1 is 1.00 bits per heavy atom. The van der Waals surface area contributed by atoms with E-state index >= 15 is 0 Å². The fourth-order valence-electron chi connectivity index (χ4n) is 3.21. The Morgan fingerprint density at radius 2 is 1.65 bits per heavy atom. The maximum Gasteiger partial charge on any atom is 0.339 e. The number of carbonyl (C=O) groups is 2. The van der Waals surface area contributed by atoms with Crippen LogP contribution in [-0.2, 0) is 21.3 Å². The van der Waals surface area contributed by atoms with E-state index in [0.717, 1.165) is 17.4 Å². The smallest absolute Gasteiger partial charge is 0.339 e. The Morgan fingerprint density at radius 3 is 2.21 bits per heavy atom. The lowest BCUT2D eigenvalue weighted by Gasteiger charge is -2.23. The summed E-state index contributed by atoms with van der Waals surface area (Å²) < 4.78 is 31.0. The van der Waals surface area contributed by atoms with E-state index in [1.165, 1.54) is 16.4 Å². The van der Waals surface area contributed by atoms with Gasteiger partial charge < -0.3 is 10.1 Å². The second-order valence-electron chi connectivity index (χ2n) is 7.67. The largest absolute Gasteiger partial charge is 0.462 e. The standard InChI is InChI=1S/C25H25ClN2O5S/c1-4-33-25(30)22-14-11-20(15-23(22)26)27-24(29)19-9-12-21(13-10-19)28(34(3,31)32)16-18-7-5-17(2)6-8-18/h5-15H,4,16H2,1-3H3,(H,27,29). The van der Waals surface area contributed by atoms with Crippen molar-refractivity contribution in [1.29, 1.82) is 0 Å². The highest BCUT2D eigenvalue weighted by Crippen LogP contribution is 2.24. The highest BCUT2D eigenvalue weighted by molar-refractivity contribution is 7.92. The fourth-order valence-corrected chi connectivity index (χ4v) is 4.35. The van der Waals surface area contributed by atoms with E-state index in [4.69, 9.17) is 16.3 Å². The molecule has 0 unspecified atom stereocenters. The number of hydrogen-bond donors (Lipinski definition) is 1. The van der Waals surface area contributed by atoms with Gasteiger partial charge in [0.1, 0.15) is 0 Å². The molecule has 0 aliphatic heterocycles. The number of nitrogens with zero attached hydrogens (tertiary/aromatic N) is 1. The number of amides is 1. The van der Waals surface area contributed by atoms with Gasteiger partial charge in [-0.05, 0) is 61.9 Å². The average molecular weight is 501 g/mol. The number of halogens is 1. The van der Waals surface area contributed by atoms with Crippen LogP contribution in [0.25, 0.3) is 0 Å². The Bertz CT molecular complexity index is 1290. The monoisotopic (exact) mass is 500 g/mol. The third kappa shape index (κ3) is 6.36. The minimum atomic E-state index is -3.55. The quantitative estimate of drug-likeness (QED) is 0.437. The Labute approximate surface area is 204 Å². The summed E-state index contributed by atoms with van der Waals surface area (Å²) in [5, 5.41) is 2.87. The van der Waals surface area contributed by atoms with Crippen molar-refractivity contribution in [3.63, 3.8) is 0 Å². The Kier molecular flexibility index (Phi) is 7.96. The molecule has 0 spiro atoms. The zero-order valence-corrected chi connectivity index (χ0v) is 20.6. The summed E-state index contributed by atoms with van der Waals surface area (Å²) in [6.07, 6.45) is 1.14. The molecule has 7 nitrogen and oxygen atoms in total. The minimum Gasteiger partial charge on any atom is -0.462 e. The predicted molar refractivity (Wildman–Crippen MR) is 134 cm³/mol. The van der Waals surface area contributed by atoms with E-state index in [9.17, 15) is 18.0 Å². The summed E-state index contributed by atoms with van der Waals surface area (Å²) >= 11 is 6.15. The molecule has 0 bridgehead atoms. The molecule has 0 heterocycles. The third-order valence-corrected chi connectivity index (χ3v) is 6.44. The number of carbonyl (C=O) groups excluding carboxylic acids is 2. The van der Waals surface area contributed by atoms with Gasteiger partial charge >= 0.3 is 5.97 Å². The summed E-state index contributed by atoms with van der Waals surface area (Å²) in [6.45, 7) is 4.06. The van der Waals surface area contributed by atoms with Crippen LogP contribution in [0.3, 0.4) is 0 Å². The first-order valence-corrected chi connectivity index (χ1v) is 12.7. The highest BCUT2D eigenvalue weighted by atomic mass is 35.5. The maximum absolute atomic E-state index is 12.7. The summed E-state index contributed by atoms with van der Waals surface area (Å²) in [5.41, 5.74) is 3.33. The molecule has 0 aromatic heterocycles. The van der Waals surface area contributed by atoms with Crippen LogP contribution in [-0.4, -0.2) is 33.2 Å². The van der Waals surface area contributed by atoms with Crippen LogP contribution in [0.2, 0.25) is 5.02 Å². The number of sulfonamides is 1. The van der Waals surface area contributed by atoms with Crippen molar-refractivity contribution in [3.05, 3.63) is 94.0 Å². The molecule has 0 saturated carbocycles. The van der Waals surface area contributed by atoms with Crippen molar-refractivity contribution in [2.75, 3.05) is 22.5 Å². The summed E-state index contributed by atoms with van der Waals surface area (Å²) in [4.78, 5) is 24.5. The number of anilines is 2. The van der Waals surface area contributed by atoms with Crippen LogP contribution in [0.1, 0.15) is 38.8 Å². The number of rotatable bonds is 8. The molecule has 1 N–H and O–H groups in total. The Balaban J connectivity index is 1.75. The first-order valence-electron chi connectivity index (χ1n) is 10.5. The molecule has 34 heavy (non-hydrogen) atoms. The van der Waals surface area contributed by atoms with Gasteiger partial charge in [-0.25, -0.2) is 13.2 Å². The molecule has 3 aromatic rings. The number of nitrogens with one attached hydrogen (secondary N) is 1. The average Bonchev–Trinajstić information content (AvgIpc) is 2.78. The molecule has 1 amide bonds. The molecule has 3 aromatic carbocycles. The molecule has 3 rings (SSSR count). The molecule has 0 radical (unpaired) electrons. The van der Waals surface area contributed by atoms with Gasteiger partial charge in [-0.15, -0.1) is 0 Å². The molecule has 0 aliphatic carbocycles. The van der Waals surface area contributed by atoms with E-state index in [1.807, 2.05) is 31.2 Å². The van der Waals surface area contributed by atoms with E-state index in [2.05, 4.69) is 5.32 Å². The van der Waals surface area contributed by atoms with Gasteiger partial charge in [-0.2, -0.15) is 0 Å². The van der Waals surface area contributed by atoms with Gasteiger partial charge in [-0.1, -0.05) is 41.4 Å². The normalized spacial score (nSPS) is 11.1. The zero-order chi connectivity index (χ0) is 24.9. The molecule has 0 fully saturated rings. The summed E-state index contributed by atoms with van der Waals surface area (Å²) in [5.74, 6) is -0.946. The second-order valence-corrected chi connectivity index (χ2v) is 9.99. The highest BCUT2D eigenvalue weighted by Gasteiger charge is 2.19. The van der Waals surface area contributed by atoms with Crippen LogP contribution >= 0.6 is 11.6 Å². The van der Waals surface area contributed by atoms with Gasteiger partial charge in [-0.3, -0.25) is 9.10 Å². The van der Waals surface area contributed by atoms with Gasteiger partial charge in [0.25, 0.3) is 5.91 Å². The lowest BCUT2D eigenvalue weighted by molar-refractivity contribution is 0.0526. The van der Waals surface area contributed by atoms with Gasteiger partial charge in [0, 0.05) is 11.3 Å². The predicted octanol–water partition coefficient (Wildman–Crippen LogP) is 5.04. The van der Waals surface area contributed by atoms with Crippen molar-refractivity contribution in [2.24, 2.45) is 0 Å². The van der Waals surface area contributed by atoms with Crippen LogP contribution < -0.4 is 9.62 Å². The van der Waals surface area contributed by atoms with Crippen molar-refractivity contribution < 1.29 is 22.7 Å². The molecule has 0 aliphatic rings. The fraction of sp³-hybridized carbons (Fsp3) is 0.200. The molecule has 9 heteroatoms. The van der Waals surface area contributed by atoms with Crippen LogP contribution in [0.15, 0.2) is 66.7 Å². The van der Waals surface area contributed by atoms with Crippen molar-refractivity contribution in [1.82, 2.24) is 0 Å². The molecule has 0 atom stereocenters. The number of ether oxygens (including phenoxy) is 1. The van der Waals surface area contributed by atoms with E-state index in [-0.39, 0.29) is 23.7 Å². The Hall–Kier alpha value is -3.36. The van der Waals surface area contributed by atoms with Crippen LogP contribution in [0, 0.1) is 6.92 Å². The number of esters is 1. The molecular formula is C25H25ClN2O5S. The summed E-state index contributed by atoms with van der Waals surface area (Å²) in [7, 11) is -3.55. The number of hydrogen-bond acceptors (Lipinski definition) is 5. The summed E-state index contributed by atoms with van der Waals surface area (Å²) in [6, 6.07) is 18.4. The molecule has 0 saturated heterocycles. The topological polar surface area (TPSA) is 92.8 Å². The SMILES string of the molecule is CCOC(=O)c1ccc(NC(=O)c2ccc(N(Cc3ccc(C)cc3)S(C)(=O)=O)cc2)cc1Cl. The van der Waals surface area contributed by atoms with E-state index in [0.29, 0.717) is 16.9 Å². The van der Waals surface area contributed by atoms with Crippen LogP contribution in [0.4, 0.5) is 11.4 Å². The maximum atomic E-state index is 12.7. The molecular weight excluding hydrogens is 476 g/mol. The molecule has 178 valence electrons. The third-order valence-electron chi connectivity index (χ3n) is 4.99. The van der Waals surface area contributed by atoms with Gasteiger partial charge in [0.2, 0.25) is 10.0 Å². The van der Waals surface area contributed by atoms with Crippen LogP contribution in [0.5, 0.6) is 0 Å². The first kappa shape index (κ1) is 25.3. The lowest BCUT2D eigenvalue weighted by Crippen LogP contribution is -2.29. The van der Waals surface area contributed by atoms with E-state index in [1.54, 1.807) is 37.3 Å². The second kappa shape index (κ2) is 10.7. The van der Waals surface area contributed by atoms with Gasteiger partial charge in [0.05, 0.1) is 35.7 Å². The van der Waals surface area contributed by atoms with Crippen molar-refractivity contribution in [2.45, 2.75) is 20.4 Å². The van der Waals surface area contributed by atoms with Gasteiger partial charge in [0.15, 0.2) is 0 Å². The number of benzene rings is 3. The van der Waals surface area contributed by atoms with Crippen molar-refractivity contribution in [3.8, 4) is 0 Å². The lowest BCUT2D eigenvalue weighted by atomic mass is 10.1. The van der Waals surface area contributed by atoms with E-state index < -0.39 is 21.9 Å².